The molecule has 0 spiro atoms. The van der Waals surface area contributed by atoms with Crippen molar-refractivity contribution in [2.24, 2.45) is 12.0 Å². The fourth-order valence-electron chi connectivity index (χ4n) is 1.59. The number of rotatable bonds is 1. The van der Waals surface area contributed by atoms with E-state index in [2.05, 4.69) is 20.6 Å². The van der Waals surface area contributed by atoms with Gasteiger partial charge in [-0.05, 0) is 12.1 Å². The van der Waals surface area contributed by atoms with Gasteiger partial charge in [0.2, 0.25) is 5.95 Å². The van der Waals surface area contributed by atoms with Gasteiger partial charge in [-0.1, -0.05) is 12.1 Å². The van der Waals surface area contributed by atoms with Crippen LogP contribution in [0.15, 0.2) is 29.3 Å². The number of imidazole rings is 1. The molecule has 0 aliphatic carbocycles. The molecule has 0 fully saturated rings. The summed E-state index contributed by atoms with van der Waals surface area (Å²) >= 11 is 0. The second kappa shape index (κ2) is 4.22. The number of fused-ring (bicyclic) bond motifs is 1. The number of para-hydroxylation sites is 2. The van der Waals surface area contributed by atoms with E-state index in [1.807, 2.05) is 42.9 Å². The number of hydrogen-bond donors (Lipinski definition) is 2. The fourth-order valence-corrected chi connectivity index (χ4v) is 1.59. The second-order valence-electron chi connectivity index (χ2n) is 3.43. The molecular weight excluding hydrogens is 202 g/mol. The molecule has 16 heavy (non-hydrogen) atoms. The number of anilines is 1. The molecule has 5 nitrogen and oxygen atoms in total. The summed E-state index contributed by atoms with van der Waals surface area (Å²) in [6, 6.07) is 8.00. The van der Waals surface area contributed by atoms with Crippen molar-refractivity contribution in [3.8, 4) is 0 Å². The number of aromatic nitrogens is 2. The largest absolute Gasteiger partial charge is 0.359 e. The quantitative estimate of drug-likeness (QED) is 0.557. The summed E-state index contributed by atoms with van der Waals surface area (Å²) in [6.45, 7) is 0. The Labute approximate surface area is 94.2 Å². The molecule has 84 valence electrons. The Morgan fingerprint density at radius 3 is 2.75 bits per heavy atom. The lowest BCUT2D eigenvalue weighted by Gasteiger charge is -2.07. The average molecular weight is 217 g/mol. The van der Waals surface area contributed by atoms with Gasteiger partial charge in [0.1, 0.15) is 0 Å². The van der Waals surface area contributed by atoms with Crippen LogP contribution in [0.5, 0.6) is 0 Å². The molecule has 0 amide bonds. The summed E-state index contributed by atoms with van der Waals surface area (Å²) in [7, 11) is 5.51. The number of aliphatic imine (C=N–C) groups is 1. The van der Waals surface area contributed by atoms with Crippen molar-refractivity contribution in [2.45, 2.75) is 0 Å². The average Bonchev–Trinajstić information content (AvgIpc) is 2.64. The molecule has 0 saturated heterocycles. The van der Waals surface area contributed by atoms with Gasteiger partial charge in [-0.15, -0.1) is 0 Å². The smallest absolute Gasteiger partial charge is 0.210 e. The highest BCUT2D eigenvalue weighted by Crippen LogP contribution is 2.17. The maximum atomic E-state index is 4.48. The standard InChI is InChI=1S/C11H15N5/c1-12-10(13-2)15-11-14-8-6-4-5-7-9(8)16(11)3/h4-7H,1-3H3,(H2,12,13,14,15). The molecule has 2 rings (SSSR count). The first-order valence-corrected chi connectivity index (χ1v) is 5.09. The first-order valence-electron chi connectivity index (χ1n) is 5.09. The zero-order valence-electron chi connectivity index (χ0n) is 9.65. The first kappa shape index (κ1) is 10.5. The lowest BCUT2D eigenvalue weighted by atomic mass is 10.3. The normalized spacial score (nSPS) is 11.8. The Hall–Kier alpha value is -2.04. The summed E-state index contributed by atoms with van der Waals surface area (Å²) in [4.78, 5) is 8.53. The van der Waals surface area contributed by atoms with Gasteiger partial charge in [0.05, 0.1) is 11.0 Å². The lowest BCUT2D eigenvalue weighted by molar-refractivity contribution is 0.955. The summed E-state index contributed by atoms with van der Waals surface area (Å²) in [5.41, 5.74) is 2.07. The van der Waals surface area contributed by atoms with Crippen molar-refractivity contribution < 1.29 is 0 Å². The molecule has 2 aromatic rings. The number of benzene rings is 1. The van der Waals surface area contributed by atoms with Crippen molar-refractivity contribution in [1.82, 2.24) is 14.9 Å². The number of guanidine groups is 1. The first-order chi connectivity index (χ1) is 7.76. The minimum Gasteiger partial charge on any atom is -0.359 e. The van der Waals surface area contributed by atoms with Gasteiger partial charge in [-0.25, -0.2) is 4.98 Å². The van der Waals surface area contributed by atoms with Gasteiger partial charge in [-0.2, -0.15) is 0 Å². The van der Waals surface area contributed by atoms with Crippen LogP contribution in [0, 0.1) is 0 Å². The van der Waals surface area contributed by atoms with Crippen LogP contribution >= 0.6 is 0 Å². The zero-order valence-corrected chi connectivity index (χ0v) is 9.65. The predicted molar refractivity (Wildman–Crippen MR) is 66.8 cm³/mol. The molecule has 0 unspecified atom stereocenters. The zero-order chi connectivity index (χ0) is 11.5. The highest BCUT2D eigenvalue weighted by atomic mass is 15.3. The summed E-state index contributed by atoms with van der Waals surface area (Å²) < 4.78 is 2.00. The Balaban J connectivity index is 2.42. The molecule has 0 aliphatic heterocycles. The summed E-state index contributed by atoms with van der Waals surface area (Å²) in [5, 5.41) is 6.08. The van der Waals surface area contributed by atoms with E-state index < -0.39 is 0 Å². The van der Waals surface area contributed by atoms with E-state index in [4.69, 9.17) is 0 Å². The second-order valence-corrected chi connectivity index (χ2v) is 3.43. The van der Waals surface area contributed by atoms with Crippen molar-refractivity contribution in [2.75, 3.05) is 19.4 Å². The van der Waals surface area contributed by atoms with E-state index in [0.29, 0.717) is 5.96 Å². The topological polar surface area (TPSA) is 54.2 Å². The minimum absolute atomic E-state index is 0.693. The molecule has 5 heteroatoms. The van der Waals surface area contributed by atoms with Gasteiger partial charge < -0.3 is 9.88 Å². The monoisotopic (exact) mass is 217 g/mol. The van der Waals surface area contributed by atoms with Crippen LogP contribution in [0.4, 0.5) is 5.95 Å². The SMILES string of the molecule is CN=C(NC)Nc1nc2ccccc2n1C. The van der Waals surface area contributed by atoms with E-state index in [9.17, 15) is 0 Å². The number of aryl methyl sites for hydroxylation is 1. The Morgan fingerprint density at radius 1 is 1.38 bits per heavy atom. The molecule has 0 radical (unpaired) electrons. The van der Waals surface area contributed by atoms with Crippen molar-refractivity contribution >= 4 is 22.9 Å². The van der Waals surface area contributed by atoms with E-state index in [0.717, 1.165) is 17.0 Å². The van der Waals surface area contributed by atoms with Crippen LogP contribution in [0.3, 0.4) is 0 Å². The number of nitrogens with one attached hydrogen (secondary N) is 2. The molecular formula is C11H15N5. The van der Waals surface area contributed by atoms with E-state index in [1.54, 1.807) is 7.05 Å². The van der Waals surface area contributed by atoms with Gasteiger partial charge >= 0.3 is 0 Å². The number of hydrogen-bond acceptors (Lipinski definition) is 2. The highest BCUT2D eigenvalue weighted by molar-refractivity contribution is 5.93. The summed E-state index contributed by atoms with van der Waals surface area (Å²) in [5.74, 6) is 1.47. The van der Waals surface area contributed by atoms with Crippen LogP contribution in [0.25, 0.3) is 11.0 Å². The van der Waals surface area contributed by atoms with Crippen molar-refractivity contribution in [3.63, 3.8) is 0 Å². The molecule has 0 atom stereocenters. The maximum absolute atomic E-state index is 4.48. The molecule has 0 saturated carbocycles. The molecule has 2 N–H and O–H groups in total. The van der Waals surface area contributed by atoms with Crippen molar-refractivity contribution in [3.05, 3.63) is 24.3 Å². The van der Waals surface area contributed by atoms with Gasteiger partial charge in [-0.3, -0.25) is 10.3 Å². The van der Waals surface area contributed by atoms with Gasteiger partial charge in [0.25, 0.3) is 0 Å². The highest BCUT2D eigenvalue weighted by Gasteiger charge is 2.07. The Kier molecular flexibility index (Phi) is 2.76. The van der Waals surface area contributed by atoms with Crippen molar-refractivity contribution in [1.29, 1.82) is 0 Å². The number of nitrogens with zero attached hydrogens (tertiary/aromatic N) is 3. The van der Waals surface area contributed by atoms with E-state index >= 15 is 0 Å². The van der Waals surface area contributed by atoms with Crippen LogP contribution in [0.2, 0.25) is 0 Å². The Morgan fingerprint density at radius 2 is 2.12 bits per heavy atom. The molecule has 1 aromatic heterocycles. The van der Waals surface area contributed by atoms with Crippen LogP contribution in [0.1, 0.15) is 0 Å². The van der Waals surface area contributed by atoms with E-state index in [-0.39, 0.29) is 0 Å². The predicted octanol–water partition coefficient (Wildman–Crippen LogP) is 1.19. The molecule has 0 bridgehead atoms. The Bertz CT molecular complexity index is 526. The third-order valence-corrected chi connectivity index (χ3v) is 2.48. The fraction of sp³-hybridized carbons (Fsp3) is 0.273. The lowest BCUT2D eigenvalue weighted by Crippen LogP contribution is -2.28. The van der Waals surface area contributed by atoms with Crippen LogP contribution in [-0.4, -0.2) is 29.6 Å². The minimum atomic E-state index is 0.693. The molecule has 1 aromatic carbocycles. The van der Waals surface area contributed by atoms with Crippen LogP contribution in [-0.2, 0) is 7.05 Å². The van der Waals surface area contributed by atoms with Gasteiger partial charge in [0.15, 0.2) is 5.96 Å². The van der Waals surface area contributed by atoms with Crippen LogP contribution < -0.4 is 10.6 Å². The third-order valence-electron chi connectivity index (χ3n) is 2.48. The van der Waals surface area contributed by atoms with Gasteiger partial charge in [0, 0.05) is 21.1 Å². The molecule has 0 aliphatic rings. The summed E-state index contributed by atoms with van der Waals surface area (Å²) in [6.07, 6.45) is 0. The van der Waals surface area contributed by atoms with E-state index in [1.165, 1.54) is 0 Å². The molecule has 1 heterocycles. The maximum Gasteiger partial charge on any atom is 0.210 e. The third kappa shape index (κ3) is 1.71.